The molecule has 1 aliphatic rings. The fourth-order valence-electron chi connectivity index (χ4n) is 3.71. The van der Waals surface area contributed by atoms with E-state index in [1.807, 2.05) is 42.0 Å². The molecule has 0 bridgehead atoms. The second kappa shape index (κ2) is 9.33. The monoisotopic (exact) mass is 458 g/mol. The Morgan fingerprint density at radius 1 is 1.13 bits per heavy atom. The van der Waals surface area contributed by atoms with E-state index in [-0.39, 0.29) is 18.4 Å². The van der Waals surface area contributed by atoms with Crippen molar-refractivity contribution < 1.29 is 13.2 Å². The smallest absolute Gasteiger partial charge is 0.252 e. The van der Waals surface area contributed by atoms with E-state index in [4.69, 9.17) is 0 Å². The number of carbonyl (C=O) groups excluding carboxylic acids is 1. The summed E-state index contributed by atoms with van der Waals surface area (Å²) in [6.07, 6.45) is 8.39. The Hall–Kier alpha value is -2.49. The second-order valence-corrected chi connectivity index (χ2v) is 11.0. The van der Waals surface area contributed by atoms with E-state index in [2.05, 4.69) is 10.3 Å². The lowest BCUT2D eigenvalue weighted by molar-refractivity contribution is -0.121. The zero-order chi connectivity index (χ0) is 21.8. The highest BCUT2D eigenvalue weighted by Gasteiger charge is 2.27. The first-order chi connectivity index (χ1) is 14.9. The first-order valence-electron chi connectivity index (χ1n) is 10.4. The van der Waals surface area contributed by atoms with Crippen molar-refractivity contribution in [2.24, 2.45) is 0 Å². The van der Waals surface area contributed by atoms with Crippen LogP contribution >= 0.6 is 11.3 Å². The van der Waals surface area contributed by atoms with Gasteiger partial charge in [-0.3, -0.25) is 4.79 Å². The average Bonchev–Trinajstić information content (AvgIpc) is 3.47. The molecule has 1 aliphatic heterocycles. The largest absolute Gasteiger partial charge is 0.349 e. The fraction of sp³-hybridized carbons (Fsp3) is 0.364. The molecule has 1 aromatic carbocycles. The second-order valence-electron chi connectivity index (χ2n) is 7.71. The van der Waals surface area contributed by atoms with Gasteiger partial charge in [0.2, 0.25) is 5.91 Å². The first kappa shape index (κ1) is 21.7. The molecule has 3 aromatic rings. The molecule has 3 heterocycles. The highest BCUT2D eigenvalue weighted by Crippen LogP contribution is 2.27. The number of benzene rings is 1. The predicted molar refractivity (Wildman–Crippen MR) is 121 cm³/mol. The van der Waals surface area contributed by atoms with Crippen molar-refractivity contribution in [1.82, 2.24) is 19.2 Å². The molecular formula is C22H26N4O3S2. The number of nitrogens with zero attached hydrogens (tertiary/aromatic N) is 3. The van der Waals surface area contributed by atoms with Crippen LogP contribution < -0.4 is 5.32 Å². The summed E-state index contributed by atoms with van der Waals surface area (Å²) in [6, 6.07) is 11.1. The molecule has 1 saturated heterocycles. The number of carbonyl (C=O) groups is 1. The van der Waals surface area contributed by atoms with Gasteiger partial charge >= 0.3 is 0 Å². The van der Waals surface area contributed by atoms with Crippen LogP contribution in [0.5, 0.6) is 0 Å². The molecule has 0 spiro atoms. The molecule has 0 saturated carbocycles. The minimum atomic E-state index is -3.45. The molecule has 0 unspecified atom stereocenters. The third-order valence-electron chi connectivity index (χ3n) is 5.45. The Balaban J connectivity index is 1.35. The molecule has 1 atom stereocenters. The maximum absolute atomic E-state index is 12.8. The Morgan fingerprint density at radius 2 is 1.87 bits per heavy atom. The number of imidazole rings is 1. The first-order valence-corrected chi connectivity index (χ1v) is 12.7. The summed E-state index contributed by atoms with van der Waals surface area (Å²) in [7, 11) is -3.45. The maximum Gasteiger partial charge on any atom is 0.252 e. The maximum atomic E-state index is 12.8. The molecule has 9 heteroatoms. The molecule has 2 aromatic heterocycles. The van der Waals surface area contributed by atoms with Crippen molar-refractivity contribution in [2.45, 2.75) is 42.9 Å². The summed E-state index contributed by atoms with van der Waals surface area (Å²) in [5.41, 5.74) is 2.00. The zero-order valence-corrected chi connectivity index (χ0v) is 19.0. The number of amides is 1. The summed E-state index contributed by atoms with van der Waals surface area (Å²) in [5, 5.41) is 3.00. The van der Waals surface area contributed by atoms with Gasteiger partial charge in [0.1, 0.15) is 4.21 Å². The van der Waals surface area contributed by atoms with Crippen LogP contribution in [0.2, 0.25) is 0 Å². The number of rotatable bonds is 7. The number of aromatic nitrogens is 2. The van der Waals surface area contributed by atoms with Crippen molar-refractivity contribution >= 4 is 27.3 Å². The van der Waals surface area contributed by atoms with Crippen molar-refractivity contribution in [3.8, 4) is 5.69 Å². The lowest BCUT2D eigenvalue weighted by atomic mass is 10.1. The quantitative estimate of drug-likeness (QED) is 0.587. The van der Waals surface area contributed by atoms with E-state index in [0.717, 1.165) is 35.4 Å². The van der Waals surface area contributed by atoms with Gasteiger partial charge in [-0.2, -0.15) is 4.31 Å². The fourth-order valence-corrected chi connectivity index (χ4v) is 6.73. The van der Waals surface area contributed by atoms with E-state index >= 15 is 0 Å². The van der Waals surface area contributed by atoms with Crippen LogP contribution in [0, 0.1) is 0 Å². The van der Waals surface area contributed by atoms with Crippen molar-refractivity contribution in [3.05, 3.63) is 65.6 Å². The Morgan fingerprint density at radius 3 is 2.55 bits per heavy atom. The molecule has 4 rings (SSSR count). The third-order valence-corrected chi connectivity index (χ3v) is 8.91. The van der Waals surface area contributed by atoms with Crippen LogP contribution in [0.4, 0.5) is 0 Å². The molecule has 164 valence electrons. The van der Waals surface area contributed by atoms with Crippen molar-refractivity contribution in [2.75, 3.05) is 13.1 Å². The van der Waals surface area contributed by atoms with Gasteiger partial charge in [-0.15, -0.1) is 11.3 Å². The van der Waals surface area contributed by atoms with Gasteiger partial charge in [0.25, 0.3) is 10.0 Å². The van der Waals surface area contributed by atoms with Crippen LogP contribution in [0.3, 0.4) is 0 Å². The summed E-state index contributed by atoms with van der Waals surface area (Å²) in [6.45, 7) is 3.09. The lowest BCUT2D eigenvalue weighted by Gasteiger charge is -2.25. The highest BCUT2D eigenvalue weighted by atomic mass is 32.2. The Labute approximate surface area is 186 Å². The van der Waals surface area contributed by atoms with Crippen LogP contribution in [-0.2, 0) is 21.2 Å². The molecule has 1 N–H and O–H groups in total. The number of piperidine rings is 1. The molecule has 7 nitrogen and oxygen atoms in total. The highest BCUT2D eigenvalue weighted by molar-refractivity contribution is 7.91. The van der Waals surface area contributed by atoms with Crippen LogP contribution in [0.15, 0.2) is 59.3 Å². The van der Waals surface area contributed by atoms with Gasteiger partial charge in [0.15, 0.2) is 0 Å². The number of thiophene rings is 1. The molecule has 1 amide bonds. The van der Waals surface area contributed by atoms with Gasteiger partial charge in [-0.1, -0.05) is 18.6 Å². The minimum Gasteiger partial charge on any atom is -0.349 e. The summed E-state index contributed by atoms with van der Waals surface area (Å²) < 4.78 is 29.4. The molecular weight excluding hydrogens is 432 g/mol. The van der Waals surface area contributed by atoms with Gasteiger partial charge < -0.3 is 9.88 Å². The van der Waals surface area contributed by atoms with Gasteiger partial charge in [-0.25, -0.2) is 13.4 Å². The van der Waals surface area contributed by atoms with Crippen LogP contribution in [-0.4, -0.2) is 41.3 Å². The average molecular weight is 459 g/mol. The number of hydrogen-bond acceptors (Lipinski definition) is 5. The van der Waals surface area contributed by atoms with Crippen LogP contribution in [0.25, 0.3) is 5.69 Å². The normalized spacial score (nSPS) is 16.2. The lowest BCUT2D eigenvalue weighted by Crippen LogP contribution is -2.35. The number of sulfonamides is 1. The van der Waals surface area contributed by atoms with E-state index < -0.39 is 10.0 Å². The van der Waals surface area contributed by atoms with Crippen molar-refractivity contribution in [1.29, 1.82) is 0 Å². The van der Waals surface area contributed by atoms with E-state index in [1.165, 1.54) is 11.3 Å². The van der Waals surface area contributed by atoms with E-state index in [0.29, 0.717) is 17.3 Å². The molecule has 1 fully saturated rings. The van der Waals surface area contributed by atoms with Gasteiger partial charge in [0, 0.05) is 36.0 Å². The van der Waals surface area contributed by atoms with E-state index in [9.17, 15) is 13.2 Å². The third kappa shape index (κ3) is 5.06. The number of hydrogen-bond donors (Lipinski definition) is 1. The predicted octanol–water partition coefficient (Wildman–Crippen LogP) is 3.53. The van der Waals surface area contributed by atoms with Gasteiger partial charge in [-0.05, 0) is 49.6 Å². The minimum absolute atomic E-state index is 0.130. The van der Waals surface area contributed by atoms with E-state index in [1.54, 1.807) is 29.0 Å². The zero-order valence-electron chi connectivity index (χ0n) is 17.4. The molecule has 0 radical (unpaired) electrons. The van der Waals surface area contributed by atoms with Gasteiger partial charge in [0.05, 0.1) is 18.8 Å². The Bertz CT molecular complexity index is 1120. The molecule has 0 aliphatic carbocycles. The molecule has 31 heavy (non-hydrogen) atoms. The van der Waals surface area contributed by atoms with Crippen LogP contribution in [0.1, 0.15) is 42.7 Å². The topological polar surface area (TPSA) is 84.3 Å². The SMILES string of the molecule is C[C@H](NC(=O)Cc1ccc(S(=O)(=O)N2CCCCC2)s1)c1ccc(-n2ccnc2)cc1. The summed E-state index contributed by atoms with van der Waals surface area (Å²) in [5.74, 6) is -0.130. The van der Waals surface area contributed by atoms with Crippen molar-refractivity contribution in [3.63, 3.8) is 0 Å². The Kier molecular flexibility index (Phi) is 6.54. The number of nitrogens with one attached hydrogen (secondary N) is 1. The standard InChI is InChI=1S/C22H26N4O3S2/c1-17(18-5-7-19(8-6-18)25-14-11-23-16-25)24-21(27)15-20-9-10-22(30-20)31(28,29)26-12-3-2-4-13-26/h5-11,14,16-17H,2-4,12-13,15H2,1H3,(H,24,27)/t17-/m0/s1. The summed E-state index contributed by atoms with van der Waals surface area (Å²) in [4.78, 5) is 17.3. The summed E-state index contributed by atoms with van der Waals surface area (Å²) >= 11 is 1.19.